The standard InChI is InChI=1S/C9H19NO2/c1-9(3-4-9)8(7-10)12-6-2-5-11/h8,11H,2-7,10H2,1H3. The molecule has 0 bridgehead atoms. The molecule has 1 rings (SSSR count). The predicted molar refractivity (Wildman–Crippen MR) is 47.8 cm³/mol. The summed E-state index contributed by atoms with van der Waals surface area (Å²) in [5.74, 6) is 0. The summed E-state index contributed by atoms with van der Waals surface area (Å²) in [6.07, 6.45) is 3.37. The van der Waals surface area contributed by atoms with E-state index in [9.17, 15) is 0 Å². The molecule has 0 saturated heterocycles. The first-order valence-corrected chi connectivity index (χ1v) is 4.65. The van der Waals surface area contributed by atoms with Gasteiger partial charge >= 0.3 is 0 Å². The maximum Gasteiger partial charge on any atom is 0.0750 e. The lowest BCUT2D eigenvalue weighted by molar-refractivity contribution is 0.00768. The minimum atomic E-state index is 0.198. The maximum atomic E-state index is 8.56. The SMILES string of the molecule is CC1(C(CN)OCCCO)CC1. The molecule has 0 radical (unpaired) electrons. The van der Waals surface area contributed by atoms with Crippen molar-refractivity contribution in [3.8, 4) is 0 Å². The van der Waals surface area contributed by atoms with Crippen LogP contribution in [-0.4, -0.2) is 31.0 Å². The molecule has 0 amide bonds. The molecule has 1 saturated carbocycles. The Morgan fingerprint density at radius 3 is 2.67 bits per heavy atom. The molecule has 1 aliphatic carbocycles. The Morgan fingerprint density at radius 2 is 2.25 bits per heavy atom. The van der Waals surface area contributed by atoms with Crippen LogP contribution in [0.1, 0.15) is 26.2 Å². The maximum absolute atomic E-state index is 8.56. The molecule has 0 aromatic heterocycles. The van der Waals surface area contributed by atoms with Crippen molar-refractivity contribution >= 4 is 0 Å². The van der Waals surface area contributed by atoms with Crippen LogP contribution in [-0.2, 0) is 4.74 Å². The number of nitrogens with two attached hydrogens (primary N) is 1. The number of ether oxygens (including phenoxy) is 1. The number of aliphatic hydroxyl groups is 1. The van der Waals surface area contributed by atoms with Crippen LogP contribution in [0.2, 0.25) is 0 Å². The Balaban J connectivity index is 2.17. The van der Waals surface area contributed by atoms with E-state index < -0.39 is 0 Å². The van der Waals surface area contributed by atoms with Gasteiger partial charge in [0.05, 0.1) is 6.10 Å². The van der Waals surface area contributed by atoms with E-state index in [1.165, 1.54) is 12.8 Å². The van der Waals surface area contributed by atoms with Gasteiger partial charge in [-0.2, -0.15) is 0 Å². The normalized spacial score (nSPS) is 22.2. The second-order valence-corrected chi connectivity index (χ2v) is 3.83. The molecule has 1 atom stereocenters. The molecule has 72 valence electrons. The summed E-state index contributed by atoms with van der Waals surface area (Å²) in [7, 11) is 0. The Kier molecular flexibility index (Phi) is 3.50. The fourth-order valence-electron chi connectivity index (χ4n) is 1.36. The van der Waals surface area contributed by atoms with Crippen LogP contribution in [0.4, 0.5) is 0 Å². The summed E-state index contributed by atoms with van der Waals surface area (Å²) in [6.45, 7) is 3.65. The van der Waals surface area contributed by atoms with Gasteiger partial charge in [-0.3, -0.25) is 0 Å². The highest BCUT2D eigenvalue weighted by Crippen LogP contribution is 2.48. The monoisotopic (exact) mass is 173 g/mol. The predicted octanol–water partition coefficient (Wildman–Crippen LogP) is 0.513. The highest BCUT2D eigenvalue weighted by atomic mass is 16.5. The molecule has 1 aliphatic rings. The van der Waals surface area contributed by atoms with E-state index in [2.05, 4.69) is 6.92 Å². The third kappa shape index (κ3) is 2.44. The van der Waals surface area contributed by atoms with E-state index in [-0.39, 0.29) is 12.7 Å². The Morgan fingerprint density at radius 1 is 1.58 bits per heavy atom. The third-order valence-electron chi connectivity index (χ3n) is 2.65. The average Bonchev–Trinajstić information content (AvgIpc) is 2.78. The van der Waals surface area contributed by atoms with Gasteiger partial charge in [-0.1, -0.05) is 6.92 Å². The highest BCUT2D eigenvalue weighted by molar-refractivity contribution is 4.96. The molecule has 3 nitrogen and oxygen atoms in total. The molecule has 0 aliphatic heterocycles. The topological polar surface area (TPSA) is 55.5 Å². The van der Waals surface area contributed by atoms with Crippen molar-refractivity contribution in [1.29, 1.82) is 0 Å². The second-order valence-electron chi connectivity index (χ2n) is 3.83. The molecular weight excluding hydrogens is 154 g/mol. The van der Waals surface area contributed by atoms with Gasteiger partial charge in [-0.05, 0) is 24.7 Å². The van der Waals surface area contributed by atoms with Gasteiger partial charge < -0.3 is 15.6 Å². The van der Waals surface area contributed by atoms with Crippen molar-refractivity contribution in [3.63, 3.8) is 0 Å². The van der Waals surface area contributed by atoms with Crippen molar-refractivity contribution < 1.29 is 9.84 Å². The van der Waals surface area contributed by atoms with E-state index in [1.54, 1.807) is 0 Å². The summed E-state index contributed by atoms with van der Waals surface area (Å²) in [5, 5.41) is 8.56. The minimum Gasteiger partial charge on any atom is -0.396 e. The number of rotatable bonds is 6. The average molecular weight is 173 g/mol. The first-order valence-electron chi connectivity index (χ1n) is 4.65. The molecule has 12 heavy (non-hydrogen) atoms. The van der Waals surface area contributed by atoms with Gasteiger partial charge in [0.1, 0.15) is 0 Å². The molecule has 3 heteroatoms. The Labute approximate surface area is 73.9 Å². The quantitative estimate of drug-likeness (QED) is 0.575. The molecule has 0 aromatic rings. The summed E-state index contributed by atoms with van der Waals surface area (Å²) >= 11 is 0. The zero-order valence-corrected chi connectivity index (χ0v) is 7.75. The van der Waals surface area contributed by atoms with Crippen LogP contribution in [0, 0.1) is 5.41 Å². The molecule has 0 heterocycles. The van der Waals surface area contributed by atoms with E-state index >= 15 is 0 Å². The summed E-state index contributed by atoms with van der Waals surface area (Å²) in [4.78, 5) is 0. The largest absolute Gasteiger partial charge is 0.396 e. The van der Waals surface area contributed by atoms with Gasteiger partial charge in [0.25, 0.3) is 0 Å². The van der Waals surface area contributed by atoms with Crippen molar-refractivity contribution in [2.45, 2.75) is 32.3 Å². The fourth-order valence-corrected chi connectivity index (χ4v) is 1.36. The Hall–Kier alpha value is -0.120. The molecule has 1 fully saturated rings. The van der Waals surface area contributed by atoms with Gasteiger partial charge in [-0.15, -0.1) is 0 Å². The molecule has 3 N–H and O–H groups in total. The number of hydrogen-bond donors (Lipinski definition) is 2. The molecule has 0 spiro atoms. The molecule has 0 aromatic carbocycles. The smallest absolute Gasteiger partial charge is 0.0750 e. The van der Waals surface area contributed by atoms with Crippen LogP contribution < -0.4 is 5.73 Å². The molecule has 1 unspecified atom stereocenters. The number of aliphatic hydroxyl groups excluding tert-OH is 1. The highest BCUT2D eigenvalue weighted by Gasteiger charge is 2.44. The van der Waals surface area contributed by atoms with Crippen molar-refractivity contribution in [2.75, 3.05) is 19.8 Å². The van der Waals surface area contributed by atoms with Gasteiger partial charge in [-0.25, -0.2) is 0 Å². The lowest BCUT2D eigenvalue weighted by atomic mass is 10.0. The third-order valence-corrected chi connectivity index (χ3v) is 2.65. The van der Waals surface area contributed by atoms with E-state index in [0.29, 0.717) is 25.0 Å². The fraction of sp³-hybridized carbons (Fsp3) is 1.00. The first kappa shape index (κ1) is 9.96. The lowest BCUT2D eigenvalue weighted by Crippen LogP contribution is -2.32. The zero-order valence-electron chi connectivity index (χ0n) is 7.75. The van der Waals surface area contributed by atoms with Crippen LogP contribution in [0.5, 0.6) is 0 Å². The minimum absolute atomic E-state index is 0.198. The van der Waals surface area contributed by atoms with Crippen molar-refractivity contribution in [1.82, 2.24) is 0 Å². The van der Waals surface area contributed by atoms with Crippen LogP contribution in [0.25, 0.3) is 0 Å². The summed E-state index contributed by atoms with van der Waals surface area (Å²) in [6, 6.07) is 0. The Bertz CT molecular complexity index is 134. The van der Waals surface area contributed by atoms with Gasteiger partial charge in [0, 0.05) is 19.8 Å². The first-order chi connectivity index (χ1) is 5.73. The van der Waals surface area contributed by atoms with E-state index in [1.807, 2.05) is 0 Å². The zero-order chi connectivity index (χ0) is 9.03. The number of hydrogen-bond acceptors (Lipinski definition) is 3. The van der Waals surface area contributed by atoms with E-state index in [4.69, 9.17) is 15.6 Å². The van der Waals surface area contributed by atoms with Crippen molar-refractivity contribution in [2.24, 2.45) is 11.1 Å². The summed E-state index contributed by atoms with van der Waals surface area (Å²) in [5.41, 5.74) is 5.93. The second kappa shape index (κ2) is 4.21. The van der Waals surface area contributed by atoms with Crippen LogP contribution >= 0.6 is 0 Å². The lowest BCUT2D eigenvalue weighted by Gasteiger charge is -2.22. The van der Waals surface area contributed by atoms with Gasteiger partial charge in [0.2, 0.25) is 0 Å². The van der Waals surface area contributed by atoms with Crippen LogP contribution in [0.15, 0.2) is 0 Å². The van der Waals surface area contributed by atoms with Crippen LogP contribution in [0.3, 0.4) is 0 Å². The van der Waals surface area contributed by atoms with Gasteiger partial charge in [0.15, 0.2) is 0 Å². The summed E-state index contributed by atoms with van der Waals surface area (Å²) < 4.78 is 5.57. The molecular formula is C9H19NO2. The van der Waals surface area contributed by atoms with E-state index in [0.717, 1.165) is 0 Å². The van der Waals surface area contributed by atoms with Crippen molar-refractivity contribution in [3.05, 3.63) is 0 Å².